The van der Waals surface area contributed by atoms with E-state index in [0.29, 0.717) is 28.4 Å². The Morgan fingerprint density at radius 1 is 0.630 bits per heavy atom. The molecule has 0 unspecified atom stereocenters. The molecule has 2 rings (SSSR count). The second kappa shape index (κ2) is 8.59. The van der Waals surface area contributed by atoms with Gasteiger partial charge in [-0.05, 0) is 11.6 Å². The van der Waals surface area contributed by atoms with Crippen molar-refractivity contribution in [3.05, 3.63) is 17.7 Å². The van der Waals surface area contributed by atoms with Crippen molar-refractivity contribution >= 4 is 0 Å². The van der Waals surface area contributed by atoms with Gasteiger partial charge in [0.05, 0.1) is 54.8 Å². The Kier molecular flexibility index (Phi) is 6.46. The molecule has 2 aromatic rings. The molecule has 2 N–H and O–H groups in total. The first-order chi connectivity index (χ1) is 13.0. The lowest BCUT2D eigenvalue weighted by Gasteiger charge is -2.22. The SMILES string of the molecule is COc1cc(O)c(-c2c(CO)cc(OC)c(OC)c2OC)c(OC)c1OC. The molecule has 0 aliphatic heterocycles. The van der Waals surface area contributed by atoms with Crippen molar-refractivity contribution in [3.8, 4) is 51.4 Å². The summed E-state index contributed by atoms with van der Waals surface area (Å²) in [5.41, 5.74) is 1.08. The number of aromatic hydroxyl groups is 1. The summed E-state index contributed by atoms with van der Waals surface area (Å²) >= 11 is 0. The number of hydrogen-bond acceptors (Lipinski definition) is 8. The topological polar surface area (TPSA) is 95.8 Å². The number of methoxy groups -OCH3 is 6. The van der Waals surface area contributed by atoms with Gasteiger partial charge in [-0.2, -0.15) is 0 Å². The summed E-state index contributed by atoms with van der Waals surface area (Å²) in [7, 11) is 8.74. The number of phenols is 1. The van der Waals surface area contributed by atoms with Crippen LogP contribution >= 0.6 is 0 Å². The molecule has 0 atom stereocenters. The second-order valence-corrected chi connectivity index (χ2v) is 5.38. The van der Waals surface area contributed by atoms with E-state index in [1.54, 1.807) is 6.07 Å². The molecule has 0 bridgehead atoms. The van der Waals surface area contributed by atoms with Crippen molar-refractivity contribution < 1.29 is 38.6 Å². The summed E-state index contributed by atoms with van der Waals surface area (Å²) in [4.78, 5) is 0. The van der Waals surface area contributed by atoms with Gasteiger partial charge in [-0.25, -0.2) is 0 Å². The van der Waals surface area contributed by atoms with Crippen molar-refractivity contribution in [2.75, 3.05) is 42.7 Å². The maximum absolute atomic E-state index is 10.7. The second-order valence-electron chi connectivity index (χ2n) is 5.38. The van der Waals surface area contributed by atoms with Gasteiger partial charge < -0.3 is 38.6 Å². The normalized spacial score (nSPS) is 10.3. The standard InChI is InChI=1S/C19H24O8/c1-22-12-7-10(9-20)14(18(26-5)16(12)24-3)15-11(21)8-13(23-2)17(25-4)19(15)27-6/h7-8,20-21H,9H2,1-6H3. The molecule has 0 aromatic heterocycles. The Morgan fingerprint density at radius 2 is 1.07 bits per heavy atom. The van der Waals surface area contributed by atoms with E-state index in [0.717, 1.165) is 0 Å². The zero-order chi connectivity index (χ0) is 20.1. The molecule has 0 saturated heterocycles. The third-order valence-electron chi connectivity index (χ3n) is 4.14. The van der Waals surface area contributed by atoms with Gasteiger partial charge in [0.2, 0.25) is 11.5 Å². The fourth-order valence-corrected chi connectivity index (χ4v) is 2.99. The maximum atomic E-state index is 10.7. The van der Waals surface area contributed by atoms with Gasteiger partial charge in [0.25, 0.3) is 0 Å². The van der Waals surface area contributed by atoms with Crippen LogP contribution < -0.4 is 28.4 Å². The van der Waals surface area contributed by atoms with Gasteiger partial charge in [-0.1, -0.05) is 0 Å². The smallest absolute Gasteiger partial charge is 0.204 e. The van der Waals surface area contributed by atoms with Gasteiger partial charge in [0.15, 0.2) is 23.0 Å². The number of ether oxygens (including phenoxy) is 6. The summed E-state index contributed by atoms with van der Waals surface area (Å²) in [6, 6.07) is 3.00. The fraction of sp³-hybridized carbons (Fsp3) is 0.368. The van der Waals surface area contributed by atoms with Crippen LogP contribution in [0, 0.1) is 0 Å². The molecule has 0 fully saturated rings. The molecule has 0 aliphatic rings. The van der Waals surface area contributed by atoms with Crippen molar-refractivity contribution in [1.29, 1.82) is 0 Å². The van der Waals surface area contributed by atoms with E-state index in [1.165, 1.54) is 48.7 Å². The number of hydrogen-bond donors (Lipinski definition) is 2. The van der Waals surface area contributed by atoms with E-state index in [2.05, 4.69) is 0 Å². The summed E-state index contributed by atoms with van der Waals surface area (Å²) in [5, 5.41) is 20.6. The molecular weight excluding hydrogens is 356 g/mol. The van der Waals surface area contributed by atoms with Gasteiger partial charge in [0.1, 0.15) is 5.75 Å². The van der Waals surface area contributed by atoms with Crippen LogP contribution in [0.15, 0.2) is 12.1 Å². The van der Waals surface area contributed by atoms with Crippen LogP contribution in [-0.4, -0.2) is 52.9 Å². The molecule has 8 nitrogen and oxygen atoms in total. The molecule has 0 amide bonds. The molecule has 27 heavy (non-hydrogen) atoms. The minimum absolute atomic E-state index is 0.148. The summed E-state index contributed by atoms with van der Waals surface area (Å²) in [5.74, 6) is 1.60. The first kappa shape index (κ1) is 20.3. The average Bonchev–Trinajstić information content (AvgIpc) is 2.70. The number of aliphatic hydroxyl groups excluding tert-OH is 1. The quantitative estimate of drug-likeness (QED) is 0.722. The Balaban J connectivity index is 3.01. The van der Waals surface area contributed by atoms with Gasteiger partial charge in [-0.15, -0.1) is 0 Å². The molecule has 8 heteroatoms. The van der Waals surface area contributed by atoms with Gasteiger partial charge in [-0.3, -0.25) is 0 Å². The van der Waals surface area contributed by atoms with Crippen LogP contribution in [0.2, 0.25) is 0 Å². The Labute approximate surface area is 157 Å². The summed E-state index contributed by atoms with van der Waals surface area (Å²) in [6.07, 6.45) is 0. The zero-order valence-corrected chi connectivity index (χ0v) is 16.2. The Morgan fingerprint density at radius 3 is 1.48 bits per heavy atom. The van der Waals surface area contributed by atoms with Crippen LogP contribution in [0.25, 0.3) is 11.1 Å². The lowest BCUT2D eigenvalue weighted by molar-refractivity contribution is 0.278. The van der Waals surface area contributed by atoms with E-state index >= 15 is 0 Å². The van der Waals surface area contributed by atoms with Crippen LogP contribution in [0.4, 0.5) is 0 Å². The number of rotatable bonds is 8. The van der Waals surface area contributed by atoms with Crippen LogP contribution in [-0.2, 0) is 6.61 Å². The summed E-state index contributed by atoms with van der Waals surface area (Å²) < 4.78 is 32.4. The Hall–Kier alpha value is -3.00. The molecule has 0 spiro atoms. The monoisotopic (exact) mass is 380 g/mol. The average molecular weight is 380 g/mol. The van der Waals surface area contributed by atoms with Crippen LogP contribution in [0.5, 0.6) is 40.2 Å². The van der Waals surface area contributed by atoms with E-state index in [-0.39, 0.29) is 35.2 Å². The molecule has 148 valence electrons. The van der Waals surface area contributed by atoms with Gasteiger partial charge >= 0.3 is 0 Å². The highest BCUT2D eigenvalue weighted by atomic mass is 16.5. The molecule has 0 heterocycles. The third-order valence-corrected chi connectivity index (χ3v) is 4.14. The zero-order valence-electron chi connectivity index (χ0n) is 16.2. The third kappa shape index (κ3) is 3.35. The molecule has 2 aromatic carbocycles. The first-order valence-electron chi connectivity index (χ1n) is 7.97. The minimum atomic E-state index is -0.344. The fourth-order valence-electron chi connectivity index (χ4n) is 2.99. The largest absolute Gasteiger partial charge is 0.507 e. The predicted molar refractivity (Wildman–Crippen MR) is 98.8 cm³/mol. The van der Waals surface area contributed by atoms with Crippen LogP contribution in [0.1, 0.15) is 5.56 Å². The molecular formula is C19H24O8. The molecule has 0 aliphatic carbocycles. The Bertz CT molecular complexity index is 816. The molecule has 0 saturated carbocycles. The number of benzene rings is 2. The predicted octanol–water partition coefficient (Wildman–Crippen LogP) is 2.60. The highest BCUT2D eigenvalue weighted by Crippen LogP contribution is 2.55. The van der Waals surface area contributed by atoms with E-state index in [4.69, 9.17) is 28.4 Å². The van der Waals surface area contributed by atoms with Crippen molar-refractivity contribution in [1.82, 2.24) is 0 Å². The molecule has 0 radical (unpaired) electrons. The highest BCUT2D eigenvalue weighted by molar-refractivity contribution is 5.89. The summed E-state index contributed by atoms with van der Waals surface area (Å²) in [6.45, 7) is -0.344. The lowest BCUT2D eigenvalue weighted by atomic mass is 9.95. The van der Waals surface area contributed by atoms with Gasteiger partial charge in [0, 0.05) is 11.6 Å². The van der Waals surface area contributed by atoms with Crippen molar-refractivity contribution in [2.24, 2.45) is 0 Å². The number of aliphatic hydroxyl groups is 1. The maximum Gasteiger partial charge on any atom is 0.204 e. The van der Waals surface area contributed by atoms with Crippen molar-refractivity contribution in [3.63, 3.8) is 0 Å². The van der Waals surface area contributed by atoms with E-state index in [9.17, 15) is 10.2 Å². The van der Waals surface area contributed by atoms with E-state index in [1.807, 2.05) is 0 Å². The lowest BCUT2D eigenvalue weighted by Crippen LogP contribution is -2.03. The van der Waals surface area contributed by atoms with Crippen molar-refractivity contribution in [2.45, 2.75) is 6.61 Å². The number of phenolic OH excluding ortho intramolecular Hbond substituents is 1. The highest BCUT2D eigenvalue weighted by Gasteiger charge is 2.29. The minimum Gasteiger partial charge on any atom is -0.507 e. The van der Waals surface area contributed by atoms with E-state index < -0.39 is 0 Å². The van der Waals surface area contributed by atoms with Crippen LogP contribution in [0.3, 0.4) is 0 Å². The first-order valence-corrected chi connectivity index (χ1v) is 7.97.